The summed E-state index contributed by atoms with van der Waals surface area (Å²) in [6, 6.07) is 5.01. The van der Waals surface area contributed by atoms with Crippen molar-refractivity contribution in [3.8, 4) is 0 Å². The van der Waals surface area contributed by atoms with E-state index in [4.69, 9.17) is 17.2 Å². The standard InChI is InChI=1S/C9H13N3/c1-2-8(11)7-5-6(10)3-4-9(7)12/h2-5,8H,1,10-12H2/t8-/m0/s1. The normalized spacial score (nSPS) is 12.4. The fourth-order valence-electron chi connectivity index (χ4n) is 1.01. The first-order chi connectivity index (χ1) is 5.65. The molecule has 0 saturated carbocycles. The first-order valence-corrected chi connectivity index (χ1v) is 3.68. The van der Waals surface area contributed by atoms with E-state index in [-0.39, 0.29) is 6.04 Å². The summed E-state index contributed by atoms with van der Waals surface area (Å²) in [4.78, 5) is 0. The molecule has 0 spiro atoms. The number of hydrogen-bond acceptors (Lipinski definition) is 3. The van der Waals surface area contributed by atoms with Crippen LogP contribution in [0.1, 0.15) is 11.6 Å². The van der Waals surface area contributed by atoms with E-state index in [1.165, 1.54) is 0 Å². The SMILES string of the molecule is C=C[C@H](N)c1cc(N)ccc1N. The molecule has 0 bridgehead atoms. The second kappa shape index (κ2) is 3.28. The zero-order valence-electron chi connectivity index (χ0n) is 6.83. The minimum atomic E-state index is -0.242. The van der Waals surface area contributed by atoms with E-state index in [2.05, 4.69) is 6.58 Å². The van der Waals surface area contributed by atoms with Crippen LogP contribution in [0.25, 0.3) is 0 Å². The molecule has 0 aliphatic rings. The Morgan fingerprint density at radius 3 is 2.58 bits per heavy atom. The summed E-state index contributed by atoms with van der Waals surface area (Å²) in [5.41, 5.74) is 19.1. The van der Waals surface area contributed by atoms with Gasteiger partial charge in [-0.05, 0) is 23.8 Å². The highest BCUT2D eigenvalue weighted by atomic mass is 14.7. The van der Waals surface area contributed by atoms with E-state index in [0.717, 1.165) is 5.56 Å². The average molecular weight is 163 g/mol. The topological polar surface area (TPSA) is 78.1 Å². The number of rotatable bonds is 2. The molecule has 0 unspecified atom stereocenters. The lowest BCUT2D eigenvalue weighted by Gasteiger charge is -2.10. The summed E-state index contributed by atoms with van der Waals surface area (Å²) in [6.07, 6.45) is 1.63. The quantitative estimate of drug-likeness (QED) is 0.450. The molecule has 0 aromatic heterocycles. The predicted octanol–water partition coefficient (Wildman–Crippen LogP) is 1.04. The van der Waals surface area contributed by atoms with E-state index in [0.29, 0.717) is 11.4 Å². The zero-order chi connectivity index (χ0) is 9.14. The zero-order valence-corrected chi connectivity index (χ0v) is 6.83. The third kappa shape index (κ3) is 1.57. The Morgan fingerprint density at radius 2 is 2.00 bits per heavy atom. The van der Waals surface area contributed by atoms with E-state index in [9.17, 15) is 0 Å². The lowest BCUT2D eigenvalue weighted by Crippen LogP contribution is -2.09. The van der Waals surface area contributed by atoms with Crippen LogP contribution in [-0.2, 0) is 0 Å². The number of nitrogens with two attached hydrogens (primary N) is 3. The van der Waals surface area contributed by atoms with E-state index < -0.39 is 0 Å². The van der Waals surface area contributed by atoms with Crippen molar-refractivity contribution >= 4 is 11.4 Å². The van der Waals surface area contributed by atoms with Gasteiger partial charge in [-0.2, -0.15) is 0 Å². The molecule has 1 aromatic rings. The molecule has 3 nitrogen and oxygen atoms in total. The Morgan fingerprint density at radius 1 is 1.33 bits per heavy atom. The minimum Gasteiger partial charge on any atom is -0.399 e. The lowest BCUT2D eigenvalue weighted by molar-refractivity contribution is 0.918. The molecule has 0 heterocycles. The van der Waals surface area contributed by atoms with E-state index in [1.54, 1.807) is 24.3 Å². The third-order valence-electron chi connectivity index (χ3n) is 1.72. The van der Waals surface area contributed by atoms with Gasteiger partial charge in [0, 0.05) is 17.4 Å². The van der Waals surface area contributed by atoms with Gasteiger partial charge in [-0.15, -0.1) is 6.58 Å². The van der Waals surface area contributed by atoms with Crippen LogP contribution in [0.5, 0.6) is 0 Å². The van der Waals surface area contributed by atoms with Crippen molar-refractivity contribution in [3.05, 3.63) is 36.4 Å². The Hall–Kier alpha value is -1.48. The summed E-state index contributed by atoms with van der Waals surface area (Å²) in [5.74, 6) is 0. The first kappa shape index (κ1) is 8.62. The number of anilines is 2. The summed E-state index contributed by atoms with van der Waals surface area (Å²) >= 11 is 0. The molecule has 0 saturated heterocycles. The maximum atomic E-state index is 5.71. The van der Waals surface area contributed by atoms with Gasteiger partial charge in [0.2, 0.25) is 0 Å². The molecule has 1 aromatic carbocycles. The summed E-state index contributed by atoms with van der Waals surface area (Å²) in [5, 5.41) is 0. The van der Waals surface area contributed by atoms with Crippen LogP contribution in [0, 0.1) is 0 Å². The average Bonchev–Trinajstić information content (AvgIpc) is 2.08. The monoisotopic (exact) mass is 163 g/mol. The van der Waals surface area contributed by atoms with Crippen LogP contribution in [0.4, 0.5) is 11.4 Å². The Kier molecular flexibility index (Phi) is 2.35. The Labute approximate surface area is 71.9 Å². The molecule has 0 radical (unpaired) electrons. The highest BCUT2D eigenvalue weighted by Crippen LogP contribution is 2.21. The second-order valence-electron chi connectivity index (χ2n) is 2.65. The van der Waals surface area contributed by atoms with Crippen molar-refractivity contribution in [1.29, 1.82) is 0 Å². The van der Waals surface area contributed by atoms with E-state index >= 15 is 0 Å². The second-order valence-corrected chi connectivity index (χ2v) is 2.65. The molecule has 12 heavy (non-hydrogen) atoms. The van der Waals surface area contributed by atoms with Gasteiger partial charge in [0.15, 0.2) is 0 Å². The Bertz CT molecular complexity index is 294. The van der Waals surface area contributed by atoms with Crippen molar-refractivity contribution < 1.29 is 0 Å². The van der Waals surface area contributed by atoms with Crippen LogP contribution in [0.2, 0.25) is 0 Å². The summed E-state index contributed by atoms with van der Waals surface area (Å²) in [7, 11) is 0. The largest absolute Gasteiger partial charge is 0.399 e. The molecule has 3 heteroatoms. The van der Waals surface area contributed by atoms with Gasteiger partial charge >= 0.3 is 0 Å². The van der Waals surface area contributed by atoms with Crippen molar-refractivity contribution in [1.82, 2.24) is 0 Å². The Balaban J connectivity index is 3.12. The van der Waals surface area contributed by atoms with Crippen LogP contribution >= 0.6 is 0 Å². The molecular weight excluding hydrogens is 150 g/mol. The van der Waals surface area contributed by atoms with E-state index in [1.807, 2.05) is 0 Å². The maximum absolute atomic E-state index is 5.71. The fourth-order valence-corrected chi connectivity index (χ4v) is 1.01. The van der Waals surface area contributed by atoms with Crippen LogP contribution in [0.15, 0.2) is 30.9 Å². The van der Waals surface area contributed by atoms with Crippen LogP contribution in [-0.4, -0.2) is 0 Å². The first-order valence-electron chi connectivity index (χ1n) is 3.68. The van der Waals surface area contributed by atoms with Gasteiger partial charge in [0.05, 0.1) is 0 Å². The van der Waals surface area contributed by atoms with Gasteiger partial charge in [0.1, 0.15) is 0 Å². The predicted molar refractivity (Wildman–Crippen MR) is 52.4 cm³/mol. The molecule has 1 rings (SSSR count). The minimum absolute atomic E-state index is 0.242. The molecule has 1 atom stereocenters. The van der Waals surface area contributed by atoms with Crippen LogP contribution in [0.3, 0.4) is 0 Å². The van der Waals surface area contributed by atoms with Gasteiger partial charge in [0.25, 0.3) is 0 Å². The van der Waals surface area contributed by atoms with Crippen molar-refractivity contribution in [2.24, 2.45) is 5.73 Å². The van der Waals surface area contributed by atoms with Gasteiger partial charge < -0.3 is 17.2 Å². The van der Waals surface area contributed by atoms with Gasteiger partial charge in [-0.1, -0.05) is 6.08 Å². The number of nitrogen functional groups attached to an aromatic ring is 2. The van der Waals surface area contributed by atoms with Crippen molar-refractivity contribution in [2.75, 3.05) is 11.5 Å². The molecule has 0 aliphatic heterocycles. The molecular formula is C9H13N3. The molecule has 64 valence electrons. The smallest absolute Gasteiger partial charge is 0.0499 e. The highest BCUT2D eigenvalue weighted by Gasteiger charge is 2.05. The number of benzene rings is 1. The summed E-state index contributed by atoms with van der Waals surface area (Å²) < 4.78 is 0. The number of hydrogen-bond donors (Lipinski definition) is 3. The maximum Gasteiger partial charge on any atom is 0.0499 e. The van der Waals surface area contributed by atoms with Gasteiger partial charge in [-0.25, -0.2) is 0 Å². The van der Waals surface area contributed by atoms with Gasteiger partial charge in [-0.3, -0.25) is 0 Å². The molecule has 0 aliphatic carbocycles. The van der Waals surface area contributed by atoms with Crippen molar-refractivity contribution in [2.45, 2.75) is 6.04 Å². The fraction of sp³-hybridized carbons (Fsp3) is 0.111. The molecule has 6 N–H and O–H groups in total. The highest BCUT2D eigenvalue weighted by molar-refractivity contribution is 5.57. The van der Waals surface area contributed by atoms with Crippen LogP contribution < -0.4 is 17.2 Å². The molecule has 0 amide bonds. The molecule has 0 fully saturated rings. The third-order valence-corrected chi connectivity index (χ3v) is 1.72. The summed E-state index contributed by atoms with van der Waals surface area (Å²) in [6.45, 7) is 3.59. The lowest BCUT2D eigenvalue weighted by atomic mass is 10.1. The van der Waals surface area contributed by atoms with Crippen molar-refractivity contribution in [3.63, 3.8) is 0 Å².